The van der Waals surface area contributed by atoms with E-state index in [0.717, 1.165) is 5.69 Å². The molecule has 0 aliphatic heterocycles. The van der Waals surface area contributed by atoms with Crippen molar-refractivity contribution in [3.05, 3.63) is 36.2 Å². The van der Waals surface area contributed by atoms with Crippen LogP contribution in [0.4, 0.5) is 0 Å². The van der Waals surface area contributed by atoms with Gasteiger partial charge in [0, 0.05) is 6.20 Å². The highest BCUT2D eigenvalue weighted by molar-refractivity contribution is 5.42. The molecule has 0 saturated carbocycles. The molecule has 0 radical (unpaired) electrons. The van der Waals surface area contributed by atoms with E-state index in [1.165, 1.54) is 0 Å². The largest absolute Gasteiger partial charge is 0.257 e. The molecular weight excluding hydrogens is 110 g/mol. The van der Waals surface area contributed by atoms with Gasteiger partial charge in [0.05, 0.1) is 5.69 Å². The highest BCUT2D eigenvalue weighted by atomic mass is 14.6. The normalized spacial score (nSPS) is 10.3. The van der Waals surface area contributed by atoms with Crippen LogP contribution in [-0.4, -0.2) is 4.98 Å². The molecule has 0 fully saturated rings. The van der Waals surface area contributed by atoms with Crippen LogP contribution in [0.5, 0.6) is 0 Å². The fourth-order valence-electron chi connectivity index (χ4n) is 0.645. The monoisotopic (exact) mass is 119 g/mol. The summed E-state index contributed by atoms with van der Waals surface area (Å²) in [5.41, 5.74) is 1.01. The number of rotatable bonds is 1. The van der Waals surface area contributed by atoms with Crippen molar-refractivity contribution in [2.45, 2.75) is 6.92 Å². The molecule has 0 saturated heterocycles. The SMILES string of the molecule is C/C=C/c1ccccn1. The first-order valence-corrected chi connectivity index (χ1v) is 2.97. The molecule has 0 N–H and O–H groups in total. The Balaban J connectivity index is 2.85. The Morgan fingerprint density at radius 2 is 2.33 bits per heavy atom. The van der Waals surface area contributed by atoms with Crippen LogP contribution in [0, 0.1) is 0 Å². The number of aromatic nitrogens is 1. The molecule has 0 amide bonds. The Bertz CT molecular complexity index is 189. The lowest BCUT2D eigenvalue weighted by atomic mass is 10.3. The minimum atomic E-state index is 1.01. The molecule has 1 heterocycles. The number of allylic oxidation sites excluding steroid dienone is 1. The minimum absolute atomic E-state index is 1.01. The van der Waals surface area contributed by atoms with E-state index in [9.17, 15) is 0 Å². The summed E-state index contributed by atoms with van der Waals surface area (Å²) in [6, 6.07) is 5.86. The van der Waals surface area contributed by atoms with Crippen LogP contribution in [0.3, 0.4) is 0 Å². The molecule has 9 heavy (non-hydrogen) atoms. The van der Waals surface area contributed by atoms with E-state index in [0.29, 0.717) is 0 Å². The molecule has 1 rings (SSSR count). The van der Waals surface area contributed by atoms with E-state index in [1.54, 1.807) is 6.20 Å². The molecule has 0 bridgehead atoms. The zero-order valence-corrected chi connectivity index (χ0v) is 5.41. The summed E-state index contributed by atoms with van der Waals surface area (Å²) < 4.78 is 0. The van der Waals surface area contributed by atoms with Crippen molar-refractivity contribution >= 4 is 6.08 Å². The number of nitrogens with zero attached hydrogens (tertiary/aromatic N) is 1. The third-order valence-electron chi connectivity index (χ3n) is 1.03. The van der Waals surface area contributed by atoms with E-state index in [1.807, 2.05) is 37.3 Å². The van der Waals surface area contributed by atoms with Gasteiger partial charge in [0.1, 0.15) is 0 Å². The highest BCUT2D eigenvalue weighted by Crippen LogP contribution is 1.94. The maximum absolute atomic E-state index is 4.08. The van der Waals surface area contributed by atoms with Gasteiger partial charge in [0.15, 0.2) is 0 Å². The molecule has 0 aromatic carbocycles. The van der Waals surface area contributed by atoms with Gasteiger partial charge in [0.2, 0.25) is 0 Å². The number of hydrogen-bond acceptors (Lipinski definition) is 1. The van der Waals surface area contributed by atoms with Crippen LogP contribution in [0.25, 0.3) is 6.08 Å². The van der Waals surface area contributed by atoms with E-state index in [-0.39, 0.29) is 0 Å². The highest BCUT2D eigenvalue weighted by Gasteiger charge is 1.79. The summed E-state index contributed by atoms with van der Waals surface area (Å²) in [5, 5.41) is 0. The Morgan fingerprint density at radius 1 is 1.44 bits per heavy atom. The molecule has 1 aromatic rings. The average molecular weight is 119 g/mol. The van der Waals surface area contributed by atoms with Gasteiger partial charge in [0.25, 0.3) is 0 Å². The maximum atomic E-state index is 4.08. The summed E-state index contributed by atoms with van der Waals surface area (Å²) >= 11 is 0. The van der Waals surface area contributed by atoms with Crippen LogP contribution >= 0.6 is 0 Å². The lowest BCUT2D eigenvalue weighted by Crippen LogP contribution is -1.74. The summed E-state index contributed by atoms with van der Waals surface area (Å²) in [6.07, 6.45) is 5.73. The smallest absolute Gasteiger partial charge is 0.0626 e. The third kappa shape index (κ3) is 1.68. The van der Waals surface area contributed by atoms with Crippen LogP contribution in [0.1, 0.15) is 12.6 Å². The Hall–Kier alpha value is -1.11. The van der Waals surface area contributed by atoms with Crippen molar-refractivity contribution in [3.63, 3.8) is 0 Å². The van der Waals surface area contributed by atoms with E-state index in [4.69, 9.17) is 0 Å². The molecule has 0 unspecified atom stereocenters. The van der Waals surface area contributed by atoms with Crippen molar-refractivity contribution < 1.29 is 0 Å². The van der Waals surface area contributed by atoms with Crippen molar-refractivity contribution in [2.75, 3.05) is 0 Å². The predicted molar refractivity (Wildman–Crippen MR) is 38.9 cm³/mol. The van der Waals surface area contributed by atoms with Crippen molar-refractivity contribution in [3.8, 4) is 0 Å². The van der Waals surface area contributed by atoms with E-state index < -0.39 is 0 Å². The number of pyridine rings is 1. The second-order valence-electron chi connectivity index (χ2n) is 1.75. The molecule has 1 heteroatoms. The van der Waals surface area contributed by atoms with Gasteiger partial charge in [-0.15, -0.1) is 0 Å². The van der Waals surface area contributed by atoms with Crippen LogP contribution in [-0.2, 0) is 0 Å². The van der Waals surface area contributed by atoms with Crippen molar-refractivity contribution in [2.24, 2.45) is 0 Å². The summed E-state index contributed by atoms with van der Waals surface area (Å²) in [4.78, 5) is 4.08. The molecule has 0 atom stereocenters. The summed E-state index contributed by atoms with van der Waals surface area (Å²) in [7, 11) is 0. The van der Waals surface area contributed by atoms with Gasteiger partial charge < -0.3 is 0 Å². The van der Waals surface area contributed by atoms with Crippen LogP contribution in [0.15, 0.2) is 30.5 Å². The first-order chi connectivity index (χ1) is 4.43. The molecule has 0 spiro atoms. The van der Waals surface area contributed by atoms with E-state index in [2.05, 4.69) is 4.98 Å². The maximum Gasteiger partial charge on any atom is 0.0626 e. The predicted octanol–water partition coefficient (Wildman–Crippen LogP) is 2.11. The zero-order chi connectivity index (χ0) is 6.53. The lowest BCUT2D eigenvalue weighted by molar-refractivity contribution is 1.29. The van der Waals surface area contributed by atoms with Gasteiger partial charge in [-0.3, -0.25) is 4.98 Å². The van der Waals surface area contributed by atoms with Crippen LogP contribution < -0.4 is 0 Å². The van der Waals surface area contributed by atoms with E-state index >= 15 is 0 Å². The second-order valence-corrected chi connectivity index (χ2v) is 1.75. The zero-order valence-electron chi connectivity index (χ0n) is 5.41. The Labute approximate surface area is 55.1 Å². The standard InChI is InChI=1S/C8H9N/c1-2-5-8-6-3-4-7-9-8/h2-7H,1H3/b5-2+. The molecule has 0 aliphatic rings. The number of hydrogen-bond donors (Lipinski definition) is 0. The quantitative estimate of drug-likeness (QED) is 0.551. The Morgan fingerprint density at radius 3 is 2.89 bits per heavy atom. The molecular formula is C8H9N. The van der Waals surface area contributed by atoms with Crippen molar-refractivity contribution in [1.29, 1.82) is 0 Å². The summed E-state index contributed by atoms with van der Waals surface area (Å²) in [5.74, 6) is 0. The second kappa shape index (κ2) is 3.02. The fraction of sp³-hybridized carbons (Fsp3) is 0.125. The Kier molecular flexibility index (Phi) is 2.02. The van der Waals surface area contributed by atoms with Crippen molar-refractivity contribution in [1.82, 2.24) is 4.98 Å². The molecule has 1 nitrogen and oxygen atoms in total. The van der Waals surface area contributed by atoms with Gasteiger partial charge in [-0.05, 0) is 25.1 Å². The van der Waals surface area contributed by atoms with Gasteiger partial charge >= 0.3 is 0 Å². The third-order valence-corrected chi connectivity index (χ3v) is 1.03. The molecule has 0 aliphatic carbocycles. The van der Waals surface area contributed by atoms with Gasteiger partial charge in [-0.2, -0.15) is 0 Å². The first-order valence-electron chi connectivity index (χ1n) is 2.97. The van der Waals surface area contributed by atoms with Gasteiger partial charge in [-0.1, -0.05) is 12.1 Å². The fourth-order valence-corrected chi connectivity index (χ4v) is 0.645. The average Bonchev–Trinajstić information content (AvgIpc) is 1.91. The summed E-state index contributed by atoms with van der Waals surface area (Å²) in [6.45, 7) is 1.98. The van der Waals surface area contributed by atoms with Gasteiger partial charge in [-0.25, -0.2) is 0 Å². The first kappa shape index (κ1) is 6.02. The minimum Gasteiger partial charge on any atom is -0.257 e. The lowest BCUT2D eigenvalue weighted by Gasteiger charge is -1.86. The molecule has 1 aromatic heterocycles. The molecule has 46 valence electrons. The van der Waals surface area contributed by atoms with Crippen LogP contribution in [0.2, 0.25) is 0 Å². The topological polar surface area (TPSA) is 12.9 Å².